The van der Waals surface area contributed by atoms with Gasteiger partial charge in [0.25, 0.3) is 0 Å². The molecule has 0 unspecified atom stereocenters. The Hall–Kier alpha value is -3.88. The van der Waals surface area contributed by atoms with E-state index in [9.17, 15) is 14.7 Å². The lowest BCUT2D eigenvalue weighted by Crippen LogP contribution is -2.54. The number of pyridine rings is 1. The van der Waals surface area contributed by atoms with Crippen LogP contribution in [-0.2, 0) is 11.2 Å². The maximum absolute atomic E-state index is 13.8. The van der Waals surface area contributed by atoms with Gasteiger partial charge in [0, 0.05) is 31.2 Å². The highest BCUT2D eigenvalue weighted by Crippen LogP contribution is 2.38. The summed E-state index contributed by atoms with van der Waals surface area (Å²) in [7, 11) is 0. The van der Waals surface area contributed by atoms with Crippen LogP contribution in [0.5, 0.6) is 5.75 Å². The van der Waals surface area contributed by atoms with Crippen molar-refractivity contribution in [2.75, 3.05) is 24.5 Å². The van der Waals surface area contributed by atoms with Crippen molar-refractivity contribution in [3.63, 3.8) is 0 Å². The maximum atomic E-state index is 13.8. The van der Waals surface area contributed by atoms with E-state index in [2.05, 4.69) is 18.5 Å². The molecule has 2 aromatic heterocycles. The van der Waals surface area contributed by atoms with Crippen molar-refractivity contribution in [2.45, 2.75) is 32.7 Å². The van der Waals surface area contributed by atoms with Gasteiger partial charge in [0.1, 0.15) is 11.6 Å². The number of para-hydroxylation sites is 1. The molecule has 0 bridgehead atoms. The maximum Gasteiger partial charge on any atom is 0.355 e. The first-order valence-electron chi connectivity index (χ1n) is 13.1. The van der Waals surface area contributed by atoms with Crippen LogP contribution in [0.25, 0.3) is 28.0 Å². The minimum atomic E-state index is -0.481. The molecule has 1 N–H and O–H groups in total. The molecule has 5 rings (SSSR count). The van der Waals surface area contributed by atoms with E-state index < -0.39 is 5.69 Å². The standard InChI is InChI=1S/C30H29Cl2N5O3/c1-4-8-19-9-6-7-10-25(19)37-29-22(16-24(32)27(33-29)21-15-20(38)11-12-23(21)31)28(34-30(37)40)36-14-13-35(17-18(36)3)26(39)5-2/h5-7,9-12,15-16,18,38H,2,4,8,13-14,17H2,1,3H3/t18-/m0/s1. The number of aromatic nitrogens is 3. The Morgan fingerprint density at radius 3 is 2.62 bits per heavy atom. The third-order valence-corrected chi connectivity index (χ3v) is 7.76. The molecular weight excluding hydrogens is 549 g/mol. The number of hydrogen-bond acceptors (Lipinski definition) is 6. The molecule has 0 aliphatic carbocycles. The number of anilines is 1. The number of fused-ring (bicyclic) bond motifs is 1. The first-order valence-corrected chi connectivity index (χ1v) is 13.9. The van der Waals surface area contributed by atoms with Gasteiger partial charge >= 0.3 is 5.69 Å². The van der Waals surface area contributed by atoms with Crippen molar-refractivity contribution < 1.29 is 9.90 Å². The number of carbonyl (C=O) groups excluding carboxylic acids is 1. The van der Waals surface area contributed by atoms with Crippen LogP contribution in [0.4, 0.5) is 5.82 Å². The number of carbonyl (C=O) groups is 1. The van der Waals surface area contributed by atoms with E-state index >= 15 is 0 Å². The monoisotopic (exact) mass is 577 g/mol. The van der Waals surface area contributed by atoms with Crippen molar-refractivity contribution >= 4 is 46.0 Å². The van der Waals surface area contributed by atoms with Crippen LogP contribution in [0.15, 0.2) is 66.0 Å². The first kappa shape index (κ1) is 27.7. The predicted octanol–water partition coefficient (Wildman–Crippen LogP) is 5.64. The number of rotatable bonds is 6. The number of halogens is 2. The smallest absolute Gasteiger partial charge is 0.355 e. The summed E-state index contributed by atoms with van der Waals surface area (Å²) in [4.78, 5) is 39.3. The summed E-state index contributed by atoms with van der Waals surface area (Å²) < 4.78 is 1.52. The summed E-state index contributed by atoms with van der Waals surface area (Å²) in [6, 6.07) is 13.9. The topological polar surface area (TPSA) is 91.6 Å². The van der Waals surface area contributed by atoms with E-state index in [-0.39, 0.29) is 17.7 Å². The summed E-state index contributed by atoms with van der Waals surface area (Å²) in [6.45, 7) is 9.03. The van der Waals surface area contributed by atoms with Gasteiger partial charge in [0.05, 0.1) is 26.8 Å². The van der Waals surface area contributed by atoms with Crippen LogP contribution in [0.3, 0.4) is 0 Å². The zero-order valence-electron chi connectivity index (χ0n) is 22.3. The Morgan fingerprint density at radius 2 is 1.90 bits per heavy atom. The highest BCUT2D eigenvalue weighted by atomic mass is 35.5. The average molecular weight is 579 g/mol. The number of benzene rings is 2. The zero-order chi connectivity index (χ0) is 28.6. The van der Waals surface area contributed by atoms with E-state index in [0.717, 1.165) is 18.4 Å². The normalized spacial score (nSPS) is 15.4. The molecule has 1 saturated heterocycles. The highest BCUT2D eigenvalue weighted by molar-refractivity contribution is 6.36. The SMILES string of the molecule is C=CC(=O)N1CCN(c2nc(=O)n(-c3ccccc3CCC)c3nc(-c4cc(O)ccc4Cl)c(Cl)cc23)[C@@H](C)C1. The van der Waals surface area contributed by atoms with Gasteiger partial charge in [-0.3, -0.25) is 4.79 Å². The summed E-state index contributed by atoms with van der Waals surface area (Å²) in [5, 5.41) is 11.4. The van der Waals surface area contributed by atoms with Gasteiger partial charge in [0.15, 0.2) is 5.65 Å². The highest BCUT2D eigenvalue weighted by Gasteiger charge is 2.30. The molecule has 1 aliphatic heterocycles. The minimum absolute atomic E-state index is 0.0132. The first-order chi connectivity index (χ1) is 19.2. The zero-order valence-corrected chi connectivity index (χ0v) is 23.8. The Labute approximate surface area is 242 Å². The van der Waals surface area contributed by atoms with Gasteiger partial charge in [-0.05, 0) is 55.3 Å². The molecular formula is C30H29Cl2N5O3. The fourth-order valence-electron chi connectivity index (χ4n) is 5.24. The molecule has 1 fully saturated rings. The Kier molecular flexibility index (Phi) is 7.83. The molecule has 0 spiro atoms. The van der Waals surface area contributed by atoms with Crippen molar-refractivity contribution in [1.82, 2.24) is 19.4 Å². The summed E-state index contributed by atoms with van der Waals surface area (Å²) >= 11 is 13.3. The third-order valence-electron chi connectivity index (χ3n) is 7.14. The van der Waals surface area contributed by atoms with E-state index in [4.69, 9.17) is 28.2 Å². The Balaban J connectivity index is 1.78. The molecule has 10 heteroatoms. The lowest BCUT2D eigenvalue weighted by Gasteiger charge is -2.40. The number of aryl methyl sites for hydroxylation is 1. The van der Waals surface area contributed by atoms with Crippen molar-refractivity contribution in [3.8, 4) is 22.7 Å². The largest absolute Gasteiger partial charge is 0.508 e. The second-order valence-electron chi connectivity index (χ2n) is 9.82. The van der Waals surface area contributed by atoms with Crippen molar-refractivity contribution in [2.24, 2.45) is 0 Å². The number of phenols is 1. The van der Waals surface area contributed by atoms with Crippen molar-refractivity contribution in [1.29, 1.82) is 0 Å². The lowest BCUT2D eigenvalue weighted by atomic mass is 10.1. The molecule has 3 heterocycles. The van der Waals surface area contributed by atoms with E-state index in [1.54, 1.807) is 17.0 Å². The molecule has 0 radical (unpaired) electrons. The number of piperazine rings is 1. The van der Waals surface area contributed by atoms with Gasteiger partial charge in [0.2, 0.25) is 5.91 Å². The molecule has 40 heavy (non-hydrogen) atoms. The van der Waals surface area contributed by atoms with E-state index in [1.807, 2.05) is 36.1 Å². The average Bonchev–Trinajstić information content (AvgIpc) is 2.94. The van der Waals surface area contributed by atoms with Gasteiger partial charge in [-0.2, -0.15) is 4.98 Å². The molecule has 8 nitrogen and oxygen atoms in total. The summed E-state index contributed by atoms with van der Waals surface area (Å²) in [6.07, 6.45) is 2.97. The number of hydrogen-bond donors (Lipinski definition) is 1. The number of nitrogens with zero attached hydrogens (tertiary/aromatic N) is 5. The summed E-state index contributed by atoms with van der Waals surface area (Å²) in [5.74, 6) is 0.328. The van der Waals surface area contributed by atoms with Crippen LogP contribution in [-0.4, -0.2) is 56.1 Å². The molecule has 206 valence electrons. The summed E-state index contributed by atoms with van der Waals surface area (Å²) in [5.41, 5.74) is 2.34. The molecule has 1 atom stereocenters. The Bertz CT molecular complexity index is 1690. The van der Waals surface area contributed by atoms with E-state index in [0.29, 0.717) is 63.5 Å². The molecule has 1 aliphatic rings. The molecule has 1 amide bonds. The van der Waals surface area contributed by atoms with Crippen LogP contribution >= 0.6 is 23.2 Å². The second-order valence-corrected chi connectivity index (χ2v) is 10.6. The number of phenolic OH excluding ortho intramolecular Hbond substituents is 1. The minimum Gasteiger partial charge on any atom is -0.508 e. The second kappa shape index (κ2) is 11.3. The number of aromatic hydroxyl groups is 1. The number of amides is 1. The fourth-order valence-corrected chi connectivity index (χ4v) is 5.70. The van der Waals surface area contributed by atoms with Gasteiger partial charge in [-0.25, -0.2) is 14.3 Å². The van der Waals surface area contributed by atoms with Gasteiger partial charge in [-0.15, -0.1) is 0 Å². The quantitative estimate of drug-likeness (QED) is 0.298. The van der Waals surface area contributed by atoms with Crippen molar-refractivity contribution in [3.05, 3.63) is 87.3 Å². The van der Waals surface area contributed by atoms with Crippen LogP contribution in [0, 0.1) is 0 Å². The predicted molar refractivity (Wildman–Crippen MR) is 160 cm³/mol. The lowest BCUT2D eigenvalue weighted by molar-refractivity contribution is -0.126. The molecule has 0 saturated carbocycles. The molecule has 4 aromatic rings. The molecule has 2 aromatic carbocycles. The fraction of sp³-hybridized carbons (Fsp3) is 0.267. The Morgan fingerprint density at radius 1 is 1.12 bits per heavy atom. The van der Waals surface area contributed by atoms with Crippen LogP contribution < -0.4 is 10.6 Å². The van der Waals surface area contributed by atoms with Crippen LogP contribution in [0.1, 0.15) is 25.8 Å². The van der Waals surface area contributed by atoms with E-state index in [1.165, 1.54) is 22.8 Å². The van der Waals surface area contributed by atoms with Gasteiger partial charge in [-0.1, -0.05) is 61.3 Å². The third kappa shape index (κ3) is 5.05. The van der Waals surface area contributed by atoms with Gasteiger partial charge < -0.3 is 14.9 Å². The van der Waals surface area contributed by atoms with Crippen LogP contribution in [0.2, 0.25) is 10.0 Å².